The van der Waals surface area contributed by atoms with Gasteiger partial charge in [-0.05, 0) is 36.2 Å². The minimum atomic E-state index is -1.06. The SMILES string of the molecule is COc1cc(C(O)CN2CCN(CC(O)c3ccc4c(c3C)COC4=O)CC2)c(F)cc1C#N. The summed E-state index contributed by atoms with van der Waals surface area (Å²) in [7, 11) is 1.40. The van der Waals surface area contributed by atoms with Crippen LogP contribution in [0.15, 0.2) is 24.3 Å². The molecule has 1 saturated heterocycles. The van der Waals surface area contributed by atoms with Crippen molar-refractivity contribution in [1.29, 1.82) is 5.26 Å². The van der Waals surface area contributed by atoms with Crippen LogP contribution in [0.2, 0.25) is 0 Å². The lowest BCUT2D eigenvalue weighted by molar-refractivity contribution is 0.0471. The Kier molecular flexibility index (Phi) is 7.14. The highest BCUT2D eigenvalue weighted by atomic mass is 19.1. The molecular weight excluding hydrogens is 441 g/mol. The Morgan fingerprint density at radius 3 is 2.32 bits per heavy atom. The summed E-state index contributed by atoms with van der Waals surface area (Å²) in [5, 5.41) is 30.5. The van der Waals surface area contributed by atoms with Gasteiger partial charge in [0, 0.05) is 50.4 Å². The molecular formula is C25H28FN3O5. The van der Waals surface area contributed by atoms with Crippen LogP contribution in [0.4, 0.5) is 4.39 Å². The highest BCUT2D eigenvalue weighted by Crippen LogP contribution is 2.30. The Bertz CT molecular complexity index is 1120. The molecule has 2 aromatic rings. The van der Waals surface area contributed by atoms with Crippen LogP contribution >= 0.6 is 0 Å². The number of β-amino-alcohol motifs (C(OH)–C–C–N with tert-alkyl or cyclic N) is 2. The number of ether oxygens (including phenoxy) is 2. The molecule has 2 atom stereocenters. The Labute approximate surface area is 197 Å². The summed E-state index contributed by atoms with van der Waals surface area (Å²) in [6.45, 7) is 5.54. The number of aliphatic hydroxyl groups excluding tert-OH is 2. The van der Waals surface area contributed by atoms with Crippen molar-refractivity contribution in [3.63, 3.8) is 0 Å². The molecule has 0 saturated carbocycles. The number of cyclic esters (lactones) is 1. The highest BCUT2D eigenvalue weighted by molar-refractivity contribution is 5.93. The van der Waals surface area contributed by atoms with Crippen molar-refractivity contribution in [3.05, 3.63) is 63.5 Å². The van der Waals surface area contributed by atoms with Crippen molar-refractivity contribution >= 4 is 5.97 Å². The molecule has 0 radical (unpaired) electrons. The molecule has 8 nitrogen and oxygen atoms in total. The van der Waals surface area contributed by atoms with E-state index in [1.54, 1.807) is 12.1 Å². The molecule has 2 aliphatic rings. The first-order valence-corrected chi connectivity index (χ1v) is 11.2. The zero-order valence-electron chi connectivity index (χ0n) is 19.3. The monoisotopic (exact) mass is 469 g/mol. The standard InChI is InChI=1S/C25H28FN3O5/c1-15-17(3-4-18-20(15)14-34-25(18)32)22(30)12-28-5-7-29(8-6-28)13-23(31)19-10-24(33-2)16(11-27)9-21(19)26/h3-4,9-10,22-23,30-31H,5-8,12-14H2,1-2H3. The van der Waals surface area contributed by atoms with Gasteiger partial charge in [0.15, 0.2) is 0 Å². The topological polar surface area (TPSA) is 106 Å². The van der Waals surface area contributed by atoms with Crippen molar-refractivity contribution in [2.45, 2.75) is 25.7 Å². The molecule has 2 N–H and O–H groups in total. The van der Waals surface area contributed by atoms with Crippen LogP contribution in [-0.2, 0) is 11.3 Å². The largest absolute Gasteiger partial charge is 0.495 e. The van der Waals surface area contributed by atoms with E-state index in [1.165, 1.54) is 13.2 Å². The summed E-state index contributed by atoms with van der Waals surface area (Å²) in [5.41, 5.74) is 3.27. The fraction of sp³-hybridized carbons (Fsp3) is 0.440. The summed E-state index contributed by atoms with van der Waals surface area (Å²) in [6.07, 6.45) is -1.75. The molecule has 2 unspecified atom stereocenters. The van der Waals surface area contributed by atoms with E-state index in [9.17, 15) is 19.4 Å². The lowest BCUT2D eigenvalue weighted by Gasteiger charge is -2.36. The van der Waals surface area contributed by atoms with Gasteiger partial charge in [-0.2, -0.15) is 5.26 Å². The van der Waals surface area contributed by atoms with Crippen LogP contribution in [-0.4, -0.2) is 72.4 Å². The molecule has 0 spiro atoms. The molecule has 4 rings (SSSR count). The van der Waals surface area contributed by atoms with E-state index >= 15 is 0 Å². The summed E-state index contributed by atoms with van der Waals surface area (Å²) < 4.78 is 24.6. The maximum Gasteiger partial charge on any atom is 0.338 e. The number of nitriles is 1. The van der Waals surface area contributed by atoms with Gasteiger partial charge in [-0.1, -0.05) is 6.07 Å². The van der Waals surface area contributed by atoms with Crippen molar-refractivity contribution in [2.24, 2.45) is 0 Å². The van der Waals surface area contributed by atoms with Gasteiger partial charge < -0.3 is 19.7 Å². The number of piperazine rings is 1. The number of halogens is 1. The molecule has 1 fully saturated rings. The van der Waals surface area contributed by atoms with Crippen LogP contribution in [0.25, 0.3) is 0 Å². The zero-order chi connectivity index (χ0) is 24.4. The summed E-state index contributed by atoms with van der Waals surface area (Å²) in [5.74, 6) is -0.727. The second-order valence-corrected chi connectivity index (χ2v) is 8.70. The average molecular weight is 470 g/mol. The molecule has 0 aliphatic carbocycles. The van der Waals surface area contributed by atoms with Gasteiger partial charge >= 0.3 is 5.97 Å². The van der Waals surface area contributed by atoms with E-state index in [0.717, 1.165) is 22.8 Å². The van der Waals surface area contributed by atoms with Crippen molar-refractivity contribution in [3.8, 4) is 11.8 Å². The minimum Gasteiger partial charge on any atom is -0.495 e. The van der Waals surface area contributed by atoms with E-state index < -0.39 is 18.0 Å². The van der Waals surface area contributed by atoms with E-state index in [1.807, 2.05) is 17.9 Å². The van der Waals surface area contributed by atoms with Gasteiger partial charge in [0.2, 0.25) is 0 Å². The van der Waals surface area contributed by atoms with E-state index in [2.05, 4.69) is 4.90 Å². The third-order valence-electron chi connectivity index (χ3n) is 6.69. The number of fused-ring (bicyclic) bond motifs is 1. The Morgan fingerprint density at radius 2 is 1.74 bits per heavy atom. The maximum atomic E-state index is 14.4. The average Bonchev–Trinajstić information content (AvgIpc) is 3.21. The minimum absolute atomic E-state index is 0.0841. The lowest BCUT2D eigenvalue weighted by Crippen LogP contribution is -2.48. The Balaban J connectivity index is 1.33. The number of rotatable bonds is 7. The van der Waals surface area contributed by atoms with Crippen LogP contribution in [0.1, 0.15) is 50.4 Å². The third-order valence-corrected chi connectivity index (χ3v) is 6.69. The molecule has 0 bridgehead atoms. The summed E-state index contributed by atoms with van der Waals surface area (Å²) in [6, 6.07) is 7.85. The Morgan fingerprint density at radius 1 is 1.12 bits per heavy atom. The summed E-state index contributed by atoms with van der Waals surface area (Å²) in [4.78, 5) is 15.9. The quantitative estimate of drug-likeness (QED) is 0.594. The van der Waals surface area contributed by atoms with Gasteiger partial charge in [-0.15, -0.1) is 0 Å². The molecule has 2 aromatic carbocycles. The summed E-state index contributed by atoms with van der Waals surface area (Å²) >= 11 is 0. The number of hydrogen-bond donors (Lipinski definition) is 2. The second kappa shape index (κ2) is 10.1. The zero-order valence-corrected chi connectivity index (χ0v) is 19.3. The van der Waals surface area contributed by atoms with Crippen molar-refractivity contribution in [1.82, 2.24) is 9.80 Å². The van der Waals surface area contributed by atoms with Crippen LogP contribution in [0.3, 0.4) is 0 Å². The number of aliphatic hydroxyl groups is 2. The predicted molar refractivity (Wildman–Crippen MR) is 121 cm³/mol. The first-order chi connectivity index (χ1) is 16.3. The van der Waals surface area contributed by atoms with E-state index in [4.69, 9.17) is 14.7 Å². The van der Waals surface area contributed by atoms with Crippen LogP contribution in [0.5, 0.6) is 5.75 Å². The number of carbonyl (C=O) groups is 1. The van der Waals surface area contributed by atoms with Gasteiger partial charge in [-0.25, -0.2) is 9.18 Å². The number of carbonyl (C=O) groups excluding carboxylic acids is 1. The van der Waals surface area contributed by atoms with Gasteiger partial charge in [-0.3, -0.25) is 9.80 Å². The number of esters is 1. The fourth-order valence-corrected chi connectivity index (χ4v) is 4.65. The third kappa shape index (κ3) is 4.76. The normalized spacial score (nSPS) is 18.2. The predicted octanol–water partition coefficient (Wildman–Crippen LogP) is 2.07. The first kappa shape index (κ1) is 24.1. The molecule has 0 aromatic heterocycles. The number of methoxy groups -OCH3 is 1. The number of benzene rings is 2. The molecule has 34 heavy (non-hydrogen) atoms. The Hall–Kier alpha value is -3.03. The van der Waals surface area contributed by atoms with Gasteiger partial charge in [0.1, 0.15) is 24.2 Å². The van der Waals surface area contributed by atoms with Crippen LogP contribution in [0, 0.1) is 24.1 Å². The molecule has 0 amide bonds. The first-order valence-electron chi connectivity index (χ1n) is 11.2. The van der Waals surface area contributed by atoms with Gasteiger partial charge in [0.25, 0.3) is 0 Å². The number of nitrogens with zero attached hydrogens (tertiary/aromatic N) is 3. The highest BCUT2D eigenvalue weighted by Gasteiger charge is 2.28. The smallest absolute Gasteiger partial charge is 0.338 e. The van der Waals surface area contributed by atoms with E-state index in [0.29, 0.717) is 38.3 Å². The molecule has 2 aliphatic heterocycles. The lowest BCUT2D eigenvalue weighted by atomic mass is 9.95. The fourth-order valence-electron chi connectivity index (χ4n) is 4.65. The van der Waals surface area contributed by atoms with Gasteiger partial charge in [0.05, 0.1) is 30.4 Å². The van der Waals surface area contributed by atoms with Crippen LogP contribution < -0.4 is 4.74 Å². The van der Waals surface area contributed by atoms with Crippen molar-refractivity contribution < 1.29 is 28.9 Å². The molecule has 2 heterocycles. The van der Waals surface area contributed by atoms with Crippen molar-refractivity contribution in [2.75, 3.05) is 46.4 Å². The molecule has 180 valence electrons. The maximum absolute atomic E-state index is 14.4. The van der Waals surface area contributed by atoms with E-state index in [-0.39, 0.29) is 36.0 Å². The second-order valence-electron chi connectivity index (χ2n) is 8.70. The molecule has 9 heteroatoms. The number of hydrogen-bond acceptors (Lipinski definition) is 8.